The molecule has 30 heavy (non-hydrogen) atoms. The molecule has 0 aromatic carbocycles. The van der Waals surface area contributed by atoms with Crippen molar-refractivity contribution >= 4 is 11.4 Å². The number of carbonyl (C=O) groups is 1. The Hall–Kier alpha value is -2.94. The van der Waals surface area contributed by atoms with Gasteiger partial charge in [0.25, 0.3) is 12.3 Å². The predicted octanol–water partition coefficient (Wildman–Crippen LogP) is 3.32. The van der Waals surface area contributed by atoms with Crippen LogP contribution in [0.4, 0.5) is 8.78 Å². The van der Waals surface area contributed by atoms with E-state index in [1.165, 1.54) is 25.3 Å². The van der Waals surface area contributed by atoms with Crippen LogP contribution in [0.25, 0.3) is 5.65 Å². The van der Waals surface area contributed by atoms with Gasteiger partial charge in [-0.05, 0) is 31.9 Å². The topological polar surface area (TPSA) is 78.6 Å². The van der Waals surface area contributed by atoms with Gasteiger partial charge in [0, 0.05) is 17.8 Å². The zero-order valence-electron chi connectivity index (χ0n) is 16.6. The molecule has 7 nitrogen and oxygen atoms in total. The second-order valence-electron chi connectivity index (χ2n) is 8.32. The Morgan fingerprint density at radius 3 is 2.73 bits per heavy atom. The molecule has 0 radical (unpaired) electrons. The van der Waals surface area contributed by atoms with Gasteiger partial charge >= 0.3 is 0 Å². The van der Waals surface area contributed by atoms with Gasteiger partial charge in [0.2, 0.25) is 5.65 Å². The van der Waals surface area contributed by atoms with E-state index in [9.17, 15) is 13.6 Å². The van der Waals surface area contributed by atoms with Gasteiger partial charge in [0.15, 0.2) is 5.78 Å². The fourth-order valence-corrected chi connectivity index (χ4v) is 4.63. The third-order valence-electron chi connectivity index (χ3n) is 5.94. The van der Waals surface area contributed by atoms with Crippen LogP contribution in [-0.2, 0) is 16.6 Å². The highest BCUT2D eigenvalue weighted by molar-refractivity contribution is 5.95. The first-order valence-electron chi connectivity index (χ1n) is 9.66. The standard InChI is InChI=1S/C21H20F2N4O3/c1-20-9-21(10-20,11-30-20)16-8-27-7-12(24-19(29-2)18(27)26-16)6-15(28)13-4-3-5-14(25-13)17(22)23/h3-5,7-8,17H,6,9-11H2,1-2H3. The lowest BCUT2D eigenvalue weighted by Crippen LogP contribution is -2.45. The monoisotopic (exact) mass is 414 g/mol. The molecular formula is C21H20F2N4O3. The lowest BCUT2D eigenvalue weighted by Gasteiger charge is -2.41. The number of ether oxygens (including phenoxy) is 2. The number of hydrogen-bond donors (Lipinski definition) is 0. The fraction of sp³-hybridized carbons (Fsp3) is 0.429. The van der Waals surface area contributed by atoms with Gasteiger partial charge < -0.3 is 13.9 Å². The molecule has 156 valence electrons. The molecule has 0 unspecified atom stereocenters. The molecule has 0 spiro atoms. The first kappa shape index (κ1) is 19.0. The molecule has 0 atom stereocenters. The molecule has 3 fully saturated rings. The van der Waals surface area contributed by atoms with Crippen LogP contribution in [-0.4, -0.2) is 44.5 Å². The van der Waals surface area contributed by atoms with Crippen LogP contribution in [0.3, 0.4) is 0 Å². The highest BCUT2D eigenvalue weighted by Gasteiger charge is 2.61. The first-order valence-corrected chi connectivity index (χ1v) is 9.66. The summed E-state index contributed by atoms with van der Waals surface area (Å²) in [6.45, 7) is 2.75. The van der Waals surface area contributed by atoms with E-state index in [0.29, 0.717) is 23.8 Å². The molecule has 3 aromatic rings. The summed E-state index contributed by atoms with van der Waals surface area (Å²) < 4.78 is 38.8. The van der Waals surface area contributed by atoms with Crippen molar-refractivity contribution in [3.8, 4) is 5.88 Å². The number of carbonyl (C=O) groups excluding carboxylic acids is 1. The Morgan fingerprint density at radius 2 is 2.07 bits per heavy atom. The Bertz CT molecular complexity index is 1150. The van der Waals surface area contributed by atoms with Crippen LogP contribution in [0.2, 0.25) is 0 Å². The van der Waals surface area contributed by atoms with Crippen LogP contribution in [0.15, 0.2) is 30.6 Å². The summed E-state index contributed by atoms with van der Waals surface area (Å²) in [5.41, 5.74) is 1.35. The summed E-state index contributed by atoms with van der Waals surface area (Å²) in [6, 6.07) is 4.02. The minimum Gasteiger partial charge on any atom is -0.478 e. The van der Waals surface area contributed by atoms with E-state index in [0.717, 1.165) is 18.5 Å². The lowest BCUT2D eigenvalue weighted by atomic mass is 9.62. The average molecular weight is 414 g/mol. The van der Waals surface area contributed by atoms with Crippen molar-refractivity contribution in [3.63, 3.8) is 0 Å². The Balaban J connectivity index is 1.45. The van der Waals surface area contributed by atoms with E-state index in [4.69, 9.17) is 14.5 Å². The van der Waals surface area contributed by atoms with Gasteiger partial charge in [-0.3, -0.25) is 4.79 Å². The summed E-state index contributed by atoms with van der Waals surface area (Å²) in [4.78, 5) is 25.5. The molecule has 5 heterocycles. The molecule has 0 amide bonds. The van der Waals surface area contributed by atoms with Crippen LogP contribution in [0, 0.1) is 0 Å². The maximum atomic E-state index is 12.9. The quantitative estimate of drug-likeness (QED) is 0.576. The van der Waals surface area contributed by atoms with Gasteiger partial charge in [-0.1, -0.05) is 6.07 Å². The summed E-state index contributed by atoms with van der Waals surface area (Å²) in [5, 5.41) is 0. The summed E-state index contributed by atoms with van der Waals surface area (Å²) >= 11 is 0. The van der Waals surface area contributed by atoms with Gasteiger partial charge in [-0.25, -0.2) is 23.7 Å². The van der Waals surface area contributed by atoms with E-state index in [1.807, 2.05) is 6.20 Å². The number of alkyl halides is 2. The molecule has 1 aliphatic carbocycles. The van der Waals surface area contributed by atoms with E-state index in [-0.39, 0.29) is 23.1 Å². The Morgan fingerprint density at radius 1 is 1.27 bits per heavy atom. The van der Waals surface area contributed by atoms with Crippen LogP contribution >= 0.6 is 0 Å². The highest BCUT2D eigenvalue weighted by atomic mass is 19.3. The van der Waals surface area contributed by atoms with Crippen molar-refractivity contribution < 1.29 is 23.0 Å². The molecule has 9 heteroatoms. The number of hydrogen-bond acceptors (Lipinski definition) is 6. The third kappa shape index (κ3) is 2.96. The van der Waals surface area contributed by atoms with E-state index in [1.54, 1.807) is 10.6 Å². The van der Waals surface area contributed by atoms with E-state index in [2.05, 4.69) is 16.9 Å². The summed E-state index contributed by atoms with van der Waals surface area (Å²) in [7, 11) is 1.49. The first-order chi connectivity index (χ1) is 14.3. The summed E-state index contributed by atoms with van der Waals surface area (Å²) in [6.07, 6.45) is 2.68. The number of imidazole rings is 1. The molecule has 2 bridgehead atoms. The second kappa shape index (κ2) is 6.53. The third-order valence-corrected chi connectivity index (χ3v) is 5.94. The number of pyridine rings is 1. The van der Waals surface area contributed by atoms with Gasteiger partial charge in [-0.15, -0.1) is 0 Å². The Kier molecular flexibility index (Phi) is 4.15. The minimum absolute atomic E-state index is 0.0178. The predicted molar refractivity (Wildman–Crippen MR) is 102 cm³/mol. The van der Waals surface area contributed by atoms with Crippen molar-refractivity contribution in [2.24, 2.45) is 0 Å². The van der Waals surface area contributed by atoms with Gasteiger partial charge in [-0.2, -0.15) is 0 Å². The largest absolute Gasteiger partial charge is 0.478 e. The number of aromatic nitrogens is 4. The molecule has 1 saturated carbocycles. The van der Waals surface area contributed by atoms with Crippen molar-refractivity contribution in [3.05, 3.63) is 53.4 Å². The zero-order valence-corrected chi connectivity index (χ0v) is 16.6. The van der Waals surface area contributed by atoms with Gasteiger partial charge in [0.05, 0.1) is 37.1 Å². The minimum atomic E-state index is -2.73. The van der Waals surface area contributed by atoms with E-state index >= 15 is 0 Å². The number of halogens is 2. The van der Waals surface area contributed by atoms with Crippen molar-refractivity contribution in [1.29, 1.82) is 0 Å². The molecular weight excluding hydrogens is 394 g/mol. The fourth-order valence-electron chi connectivity index (χ4n) is 4.63. The van der Waals surface area contributed by atoms with Crippen LogP contribution in [0.1, 0.15) is 53.8 Å². The number of rotatable bonds is 6. The average Bonchev–Trinajstić information content (AvgIpc) is 3.38. The molecule has 3 aliphatic rings. The maximum absolute atomic E-state index is 12.9. The normalized spacial score (nSPS) is 25.0. The second-order valence-corrected chi connectivity index (χ2v) is 8.32. The zero-order chi connectivity index (χ0) is 21.1. The summed E-state index contributed by atoms with van der Waals surface area (Å²) in [5.74, 6) is -0.0949. The molecule has 0 N–H and O–H groups in total. The lowest BCUT2D eigenvalue weighted by molar-refractivity contribution is 0.0154. The number of fused-ring (bicyclic) bond motifs is 2. The maximum Gasteiger partial charge on any atom is 0.280 e. The van der Waals surface area contributed by atoms with Crippen molar-refractivity contribution in [1.82, 2.24) is 19.4 Å². The van der Waals surface area contributed by atoms with Crippen LogP contribution < -0.4 is 4.74 Å². The molecule has 2 saturated heterocycles. The van der Waals surface area contributed by atoms with E-state index < -0.39 is 17.9 Å². The van der Waals surface area contributed by atoms with Crippen LogP contribution in [0.5, 0.6) is 5.88 Å². The number of ketones is 1. The Labute approximate surface area is 171 Å². The molecule has 6 rings (SSSR count). The van der Waals surface area contributed by atoms with Crippen molar-refractivity contribution in [2.75, 3.05) is 13.7 Å². The van der Waals surface area contributed by atoms with Crippen molar-refractivity contribution in [2.45, 2.75) is 43.6 Å². The smallest absolute Gasteiger partial charge is 0.280 e. The number of nitrogens with zero attached hydrogens (tertiary/aromatic N) is 4. The number of methoxy groups -OCH3 is 1. The molecule has 2 aliphatic heterocycles. The highest BCUT2D eigenvalue weighted by Crippen LogP contribution is 2.58. The van der Waals surface area contributed by atoms with Gasteiger partial charge in [0.1, 0.15) is 11.4 Å². The molecule has 3 aromatic heterocycles. The SMILES string of the molecule is COc1nc(CC(=O)c2cccc(C(F)F)n2)cn2cc(C34COC(C)(C3)C4)nc12. The number of Topliss-reactive ketones (excluding diaryl/α,β-unsaturated/α-hetero) is 1.